The van der Waals surface area contributed by atoms with E-state index in [4.69, 9.17) is 5.11 Å². The smallest absolute Gasteiger partial charge is 0.308 e. The first-order valence-corrected chi connectivity index (χ1v) is 7.02. The lowest BCUT2D eigenvalue weighted by Gasteiger charge is -2.34. The van der Waals surface area contributed by atoms with Gasteiger partial charge in [-0.1, -0.05) is 0 Å². The number of carboxylic acids is 1. The molecule has 0 aliphatic heterocycles. The number of aryl methyl sites for hydroxylation is 2. The Kier molecular flexibility index (Phi) is 2.70. The van der Waals surface area contributed by atoms with Crippen LogP contribution in [0.5, 0.6) is 0 Å². The number of aliphatic carboxylic acids is 1. The van der Waals surface area contributed by atoms with Crippen molar-refractivity contribution in [3.05, 3.63) is 27.1 Å². The highest BCUT2D eigenvalue weighted by atomic mass is 32.1. The van der Waals surface area contributed by atoms with Gasteiger partial charge >= 0.3 is 5.97 Å². The molecule has 1 saturated carbocycles. The molecule has 2 unspecified atom stereocenters. The summed E-state index contributed by atoms with van der Waals surface area (Å²) in [6, 6.07) is -0.249. The fourth-order valence-electron chi connectivity index (χ4n) is 2.59. The lowest BCUT2D eigenvalue weighted by atomic mass is 9.79. The lowest BCUT2D eigenvalue weighted by Crippen LogP contribution is -2.39. The SMILES string of the molecule is Cc1sc2ncn(C3CCC3C(=O)O)c(=O)c2c1C. The summed E-state index contributed by atoms with van der Waals surface area (Å²) in [7, 11) is 0. The Bertz CT molecular complexity index is 731. The maximum absolute atomic E-state index is 12.5. The summed E-state index contributed by atoms with van der Waals surface area (Å²) in [5, 5.41) is 9.73. The predicted molar refractivity (Wildman–Crippen MR) is 72.8 cm³/mol. The number of nitrogens with zero attached hydrogens (tertiary/aromatic N) is 2. The number of aromatic nitrogens is 2. The molecule has 0 radical (unpaired) electrons. The van der Waals surface area contributed by atoms with E-state index >= 15 is 0 Å². The standard InChI is InChI=1S/C13H14N2O3S/c1-6-7(2)19-11-10(6)12(16)15(5-14-11)9-4-3-8(9)13(17)18/h5,8-9H,3-4H2,1-2H3,(H,17,18). The second kappa shape index (κ2) is 4.16. The Labute approximate surface area is 113 Å². The molecular formula is C13H14N2O3S. The molecule has 100 valence electrons. The van der Waals surface area contributed by atoms with Gasteiger partial charge in [0.25, 0.3) is 5.56 Å². The maximum Gasteiger partial charge on any atom is 0.308 e. The van der Waals surface area contributed by atoms with Gasteiger partial charge in [0, 0.05) is 4.88 Å². The zero-order chi connectivity index (χ0) is 13.7. The van der Waals surface area contributed by atoms with Crippen LogP contribution in [0.4, 0.5) is 0 Å². The van der Waals surface area contributed by atoms with E-state index < -0.39 is 11.9 Å². The maximum atomic E-state index is 12.5. The Morgan fingerprint density at radius 1 is 1.47 bits per heavy atom. The molecule has 1 N–H and O–H groups in total. The van der Waals surface area contributed by atoms with Crippen LogP contribution in [0.3, 0.4) is 0 Å². The summed E-state index contributed by atoms with van der Waals surface area (Å²) in [4.78, 5) is 29.7. The number of hydrogen-bond acceptors (Lipinski definition) is 4. The Morgan fingerprint density at radius 3 is 2.79 bits per heavy atom. The van der Waals surface area contributed by atoms with Crippen molar-refractivity contribution >= 4 is 27.5 Å². The molecule has 2 heterocycles. The quantitative estimate of drug-likeness (QED) is 0.913. The second-order valence-corrected chi connectivity index (χ2v) is 6.21. The highest BCUT2D eigenvalue weighted by Gasteiger charge is 2.38. The summed E-state index contributed by atoms with van der Waals surface area (Å²) in [6.45, 7) is 3.88. The van der Waals surface area contributed by atoms with Gasteiger partial charge in [0.2, 0.25) is 0 Å². The summed E-state index contributed by atoms with van der Waals surface area (Å²) in [5.41, 5.74) is 0.848. The normalized spacial score (nSPS) is 22.4. The third-order valence-electron chi connectivity index (χ3n) is 4.03. The van der Waals surface area contributed by atoms with Gasteiger partial charge in [-0.25, -0.2) is 4.98 Å². The molecule has 0 saturated heterocycles. The number of thiophene rings is 1. The molecule has 19 heavy (non-hydrogen) atoms. The van der Waals surface area contributed by atoms with Gasteiger partial charge < -0.3 is 5.11 Å². The van der Waals surface area contributed by atoms with Crippen molar-refractivity contribution < 1.29 is 9.90 Å². The molecule has 2 atom stereocenters. The van der Waals surface area contributed by atoms with E-state index in [0.717, 1.165) is 21.7 Å². The van der Waals surface area contributed by atoms with E-state index in [1.165, 1.54) is 22.2 Å². The molecular weight excluding hydrogens is 264 g/mol. The van der Waals surface area contributed by atoms with Gasteiger partial charge in [-0.15, -0.1) is 11.3 Å². The molecule has 1 aliphatic rings. The number of carboxylic acid groups (broad SMARTS) is 1. The van der Waals surface area contributed by atoms with Crippen molar-refractivity contribution in [1.82, 2.24) is 9.55 Å². The van der Waals surface area contributed by atoms with Crippen molar-refractivity contribution in [2.45, 2.75) is 32.7 Å². The highest BCUT2D eigenvalue weighted by Crippen LogP contribution is 2.38. The van der Waals surface area contributed by atoms with Gasteiger partial charge in [0.05, 0.1) is 23.7 Å². The average Bonchev–Trinajstić information content (AvgIpc) is 2.57. The first kappa shape index (κ1) is 12.3. The van der Waals surface area contributed by atoms with Crippen molar-refractivity contribution in [3.63, 3.8) is 0 Å². The highest BCUT2D eigenvalue weighted by molar-refractivity contribution is 7.18. The molecule has 6 heteroatoms. The lowest BCUT2D eigenvalue weighted by molar-refractivity contribution is -0.147. The van der Waals surface area contributed by atoms with Crippen LogP contribution in [0.15, 0.2) is 11.1 Å². The fraction of sp³-hybridized carbons (Fsp3) is 0.462. The first-order chi connectivity index (χ1) is 9.00. The average molecular weight is 278 g/mol. The Balaban J connectivity index is 2.16. The summed E-state index contributed by atoms with van der Waals surface area (Å²) < 4.78 is 1.50. The minimum absolute atomic E-state index is 0.109. The van der Waals surface area contributed by atoms with Crippen LogP contribution in [-0.2, 0) is 4.79 Å². The van der Waals surface area contributed by atoms with Crippen molar-refractivity contribution in [1.29, 1.82) is 0 Å². The topological polar surface area (TPSA) is 72.2 Å². The molecule has 2 aromatic heterocycles. The van der Waals surface area contributed by atoms with E-state index in [1.807, 2.05) is 13.8 Å². The van der Waals surface area contributed by atoms with E-state index in [2.05, 4.69) is 4.98 Å². The largest absolute Gasteiger partial charge is 0.481 e. The molecule has 2 aromatic rings. The molecule has 1 fully saturated rings. The van der Waals surface area contributed by atoms with Gasteiger partial charge in [0.15, 0.2) is 0 Å². The zero-order valence-electron chi connectivity index (χ0n) is 10.7. The summed E-state index contributed by atoms with van der Waals surface area (Å²) >= 11 is 1.51. The first-order valence-electron chi connectivity index (χ1n) is 6.20. The summed E-state index contributed by atoms with van der Waals surface area (Å²) in [6.07, 6.45) is 2.86. The van der Waals surface area contributed by atoms with E-state index in [-0.39, 0.29) is 11.6 Å². The number of hydrogen-bond donors (Lipinski definition) is 1. The molecule has 1 aliphatic carbocycles. The van der Waals surface area contributed by atoms with Crippen molar-refractivity contribution in [2.24, 2.45) is 5.92 Å². The molecule has 0 aromatic carbocycles. The van der Waals surface area contributed by atoms with Crippen LogP contribution in [0.2, 0.25) is 0 Å². The molecule has 3 rings (SSSR count). The zero-order valence-corrected chi connectivity index (χ0v) is 11.5. The minimum Gasteiger partial charge on any atom is -0.481 e. The van der Waals surface area contributed by atoms with Crippen LogP contribution in [0, 0.1) is 19.8 Å². The van der Waals surface area contributed by atoms with Crippen LogP contribution in [0.1, 0.15) is 29.3 Å². The molecule has 0 spiro atoms. The van der Waals surface area contributed by atoms with Crippen LogP contribution in [-0.4, -0.2) is 20.6 Å². The molecule has 0 bridgehead atoms. The van der Waals surface area contributed by atoms with Crippen molar-refractivity contribution in [2.75, 3.05) is 0 Å². The third-order valence-corrected chi connectivity index (χ3v) is 5.14. The second-order valence-electron chi connectivity index (χ2n) is 5.01. The number of fused-ring (bicyclic) bond motifs is 1. The van der Waals surface area contributed by atoms with Gasteiger partial charge in [-0.3, -0.25) is 14.2 Å². The van der Waals surface area contributed by atoms with Crippen LogP contribution < -0.4 is 5.56 Å². The number of carbonyl (C=O) groups is 1. The van der Waals surface area contributed by atoms with Crippen molar-refractivity contribution in [3.8, 4) is 0 Å². The van der Waals surface area contributed by atoms with Gasteiger partial charge in [-0.05, 0) is 32.3 Å². The molecule has 0 amide bonds. The van der Waals surface area contributed by atoms with Crippen LogP contribution in [0.25, 0.3) is 10.2 Å². The third kappa shape index (κ3) is 1.70. The van der Waals surface area contributed by atoms with Gasteiger partial charge in [-0.2, -0.15) is 0 Å². The monoisotopic (exact) mass is 278 g/mol. The number of rotatable bonds is 2. The van der Waals surface area contributed by atoms with E-state index in [9.17, 15) is 9.59 Å². The Hall–Kier alpha value is -1.69. The summed E-state index contributed by atoms with van der Waals surface area (Å²) in [5.74, 6) is -1.29. The minimum atomic E-state index is -0.832. The van der Waals surface area contributed by atoms with E-state index in [0.29, 0.717) is 11.8 Å². The molecule has 5 nitrogen and oxygen atoms in total. The van der Waals surface area contributed by atoms with Crippen LogP contribution >= 0.6 is 11.3 Å². The Morgan fingerprint density at radius 2 is 2.21 bits per heavy atom. The predicted octanol–water partition coefficient (Wildman–Crippen LogP) is 2.11. The van der Waals surface area contributed by atoms with E-state index in [1.54, 1.807) is 0 Å². The van der Waals surface area contributed by atoms with Gasteiger partial charge in [0.1, 0.15) is 4.83 Å². The fourth-order valence-corrected chi connectivity index (χ4v) is 3.58.